The summed E-state index contributed by atoms with van der Waals surface area (Å²) in [5.74, 6) is 2.58. The zero-order valence-electron chi connectivity index (χ0n) is 16.1. The summed E-state index contributed by atoms with van der Waals surface area (Å²) in [5, 5.41) is 13.9. The first kappa shape index (κ1) is 16.7. The molecule has 5 rings (SSSR count). The van der Waals surface area contributed by atoms with E-state index >= 15 is 0 Å². The quantitative estimate of drug-likeness (QED) is 0.542. The minimum Gasteiger partial charge on any atom is -0.497 e. The van der Waals surface area contributed by atoms with E-state index in [0.717, 1.165) is 52.7 Å². The summed E-state index contributed by atoms with van der Waals surface area (Å²) in [7, 11) is 3.82. The molecule has 0 unspecified atom stereocenters. The number of hydrogen-bond donors (Lipinski definition) is 0. The predicted molar refractivity (Wildman–Crippen MR) is 108 cm³/mol. The van der Waals surface area contributed by atoms with Crippen molar-refractivity contribution < 1.29 is 4.74 Å². The molecule has 3 aromatic heterocycles. The SMILES string of the molecule is COc1ccc2nccc(N(C)C3CN(c4ccc5nnc(C)n5n4)C3)c2c1. The van der Waals surface area contributed by atoms with Crippen LogP contribution < -0.4 is 14.5 Å². The number of pyridine rings is 1. The van der Waals surface area contributed by atoms with Gasteiger partial charge in [-0.3, -0.25) is 4.98 Å². The molecular weight excluding hydrogens is 354 g/mol. The van der Waals surface area contributed by atoms with Gasteiger partial charge in [0.2, 0.25) is 0 Å². The van der Waals surface area contributed by atoms with Gasteiger partial charge in [-0.05, 0) is 43.3 Å². The van der Waals surface area contributed by atoms with Gasteiger partial charge in [-0.1, -0.05) is 0 Å². The van der Waals surface area contributed by atoms with Crippen LogP contribution in [0.3, 0.4) is 0 Å². The van der Waals surface area contributed by atoms with Gasteiger partial charge >= 0.3 is 0 Å². The van der Waals surface area contributed by atoms with E-state index in [1.807, 2.05) is 37.4 Å². The lowest BCUT2D eigenvalue weighted by Gasteiger charge is -2.45. The first-order valence-corrected chi connectivity index (χ1v) is 9.23. The number of benzene rings is 1. The van der Waals surface area contributed by atoms with Crippen LogP contribution in [-0.2, 0) is 0 Å². The summed E-state index contributed by atoms with van der Waals surface area (Å²) in [6.07, 6.45) is 1.86. The Hall–Kier alpha value is -3.42. The van der Waals surface area contributed by atoms with Crippen molar-refractivity contribution in [3.05, 3.63) is 48.4 Å². The van der Waals surface area contributed by atoms with E-state index in [4.69, 9.17) is 4.74 Å². The number of aryl methyl sites for hydroxylation is 1. The number of anilines is 2. The molecule has 1 saturated heterocycles. The van der Waals surface area contributed by atoms with Gasteiger partial charge in [-0.15, -0.1) is 15.3 Å². The second-order valence-corrected chi connectivity index (χ2v) is 7.09. The van der Waals surface area contributed by atoms with Crippen molar-refractivity contribution in [3.8, 4) is 5.75 Å². The van der Waals surface area contributed by atoms with Gasteiger partial charge in [-0.2, -0.15) is 4.52 Å². The van der Waals surface area contributed by atoms with Crippen LogP contribution in [0, 0.1) is 6.92 Å². The third-order valence-corrected chi connectivity index (χ3v) is 5.44. The van der Waals surface area contributed by atoms with Crippen molar-refractivity contribution in [1.29, 1.82) is 0 Å². The van der Waals surface area contributed by atoms with Crippen molar-refractivity contribution in [2.45, 2.75) is 13.0 Å². The normalized spacial score (nSPS) is 14.5. The molecule has 0 bridgehead atoms. The summed E-state index contributed by atoms with van der Waals surface area (Å²) >= 11 is 0. The Morgan fingerprint density at radius 3 is 2.79 bits per heavy atom. The van der Waals surface area contributed by atoms with Crippen LogP contribution in [0.15, 0.2) is 42.6 Å². The van der Waals surface area contributed by atoms with Crippen LogP contribution in [0.2, 0.25) is 0 Å². The summed E-state index contributed by atoms with van der Waals surface area (Å²) in [6.45, 7) is 3.72. The maximum atomic E-state index is 5.40. The lowest BCUT2D eigenvalue weighted by molar-refractivity contribution is 0.415. The fourth-order valence-electron chi connectivity index (χ4n) is 3.68. The van der Waals surface area contributed by atoms with E-state index in [1.54, 1.807) is 11.6 Å². The van der Waals surface area contributed by atoms with Crippen molar-refractivity contribution in [1.82, 2.24) is 24.8 Å². The van der Waals surface area contributed by atoms with Crippen molar-refractivity contribution >= 4 is 28.1 Å². The van der Waals surface area contributed by atoms with Crippen LogP contribution in [0.1, 0.15) is 5.82 Å². The molecule has 1 aromatic carbocycles. The van der Waals surface area contributed by atoms with E-state index in [2.05, 4.69) is 49.3 Å². The molecule has 28 heavy (non-hydrogen) atoms. The highest BCUT2D eigenvalue weighted by atomic mass is 16.5. The van der Waals surface area contributed by atoms with Crippen molar-refractivity contribution in [2.24, 2.45) is 0 Å². The molecule has 0 radical (unpaired) electrons. The van der Waals surface area contributed by atoms with Crippen molar-refractivity contribution in [3.63, 3.8) is 0 Å². The number of hydrogen-bond acceptors (Lipinski definition) is 7. The fraction of sp³-hybridized carbons (Fsp3) is 0.300. The average Bonchev–Trinajstić information content (AvgIpc) is 3.06. The first-order valence-electron chi connectivity index (χ1n) is 9.23. The van der Waals surface area contributed by atoms with Gasteiger partial charge in [-0.25, -0.2) is 0 Å². The smallest absolute Gasteiger partial charge is 0.178 e. The average molecular weight is 375 g/mol. The molecule has 1 aliphatic heterocycles. The molecule has 4 heterocycles. The Morgan fingerprint density at radius 1 is 1.11 bits per heavy atom. The number of likely N-dealkylation sites (N-methyl/N-ethyl adjacent to an activating group) is 1. The van der Waals surface area contributed by atoms with Crippen LogP contribution in [0.4, 0.5) is 11.5 Å². The van der Waals surface area contributed by atoms with Crippen LogP contribution >= 0.6 is 0 Å². The Kier molecular flexibility index (Phi) is 3.78. The molecule has 8 heteroatoms. The van der Waals surface area contributed by atoms with E-state index in [1.165, 1.54) is 0 Å². The monoisotopic (exact) mass is 375 g/mol. The third kappa shape index (κ3) is 2.60. The number of aromatic nitrogens is 5. The fourth-order valence-corrected chi connectivity index (χ4v) is 3.68. The standard InChI is InChI=1S/C20H21N7O/c1-13-22-23-19-6-7-20(24-27(13)19)26-11-14(12-26)25(2)18-8-9-21-17-5-4-15(28-3)10-16(17)18/h4-10,14H,11-12H2,1-3H3. The highest BCUT2D eigenvalue weighted by Crippen LogP contribution is 2.31. The highest BCUT2D eigenvalue weighted by molar-refractivity contribution is 5.92. The van der Waals surface area contributed by atoms with Gasteiger partial charge in [0.05, 0.1) is 18.7 Å². The van der Waals surface area contributed by atoms with Crippen LogP contribution in [0.25, 0.3) is 16.6 Å². The maximum absolute atomic E-state index is 5.40. The molecule has 0 amide bonds. The number of fused-ring (bicyclic) bond motifs is 2. The number of nitrogens with zero attached hydrogens (tertiary/aromatic N) is 7. The highest BCUT2D eigenvalue weighted by Gasteiger charge is 2.32. The third-order valence-electron chi connectivity index (χ3n) is 5.44. The summed E-state index contributed by atoms with van der Waals surface area (Å²) < 4.78 is 7.18. The molecule has 0 atom stereocenters. The van der Waals surface area contributed by atoms with E-state index in [-0.39, 0.29) is 0 Å². The summed E-state index contributed by atoms with van der Waals surface area (Å²) in [5.41, 5.74) is 2.90. The van der Waals surface area contributed by atoms with E-state index < -0.39 is 0 Å². The Balaban J connectivity index is 1.38. The van der Waals surface area contributed by atoms with Gasteiger partial charge in [0.15, 0.2) is 11.5 Å². The molecule has 1 fully saturated rings. The Bertz CT molecular complexity index is 1170. The van der Waals surface area contributed by atoms with Crippen molar-refractivity contribution in [2.75, 3.05) is 37.0 Å². The lowest BCUT2D eigenvalue weighted by atomic mass is 10.1. The first-order chi connectivity index (χ1) is 13.6. The maximum Gasteiger partial charge on any atom is 0.178 e. The molecule has 1 aliphatic rings. The molecular formula is C20H21N7O. The Labute approximate surface area is 162 Å². The van der Waals surface area contributed by atoms with Gasteiger partial charge in [0.25, 0.3) is 0 Å². The predicted octanol–water partition coefficient (Wildman–Crippen LogP) is 2.31. The molecule has 0 saturated carbocycles. The van der Waals surface area contributed by atoms with Gasteiger partial charge in [0.1, 0.15) is 11.6 Å². The van der Waals surface area contributed by atoms with Crippen LogP contribution in [0.5, 0.6) is 5.75 Å². The number of methoxy groups -OCH3 is 1. The van der Waals surface area contributed by atoms with E-state index in [0.29, 0.717) is 6.04 Å². The Morgan fingerprint density at radius 2 is 1.96 bits per heavy atom. The summed E-state index contributed by atoms with van der Waals surface area (Å²) in [4.78, 5) is 9.07. The van der Waals surface area contributed by atoms with Gasteiger partial charge < -0.3 is 14.5 Å². The minimum absolute atomic E-state index is 0.399. The molecule has 8 nitrogen and oxygen atoms in total. The zero-order valence-corrected chi connectivity index (χ0v) is 16.1. The van der Waals surface area contributed by atoms with E-state index in [9.17, 15) is 0 Å². The molecule has 0 N–H and O–H groups in total. The molecule has 0 spiro atoms. The molecule has 142 valence electrons. The largest absolute Gasteiger partial charge is 0.497 e. The van der Waals surface area contributed by atoms with Crippen LogP contribution in [-0.4, -0.2) is 58.1 Å². The molecule has 0 aliphatic carbocycles. The number of rotatable bonds is 4. The minimum atomic E-state index is 0.399. The number of ether oxygens (including phenoxy) is 1. The second kappa shape index (κ2) is 6.33. The zero-order chi connectivity index (χ0) is 19.3. The lowest BCUT2D eigenvalue weighted by Crippen LogP contribution is -2.59. The summed E-state index contributed by atoms with van der Waals surface area (Å²) in [6, 6.07) is 12.4. The topological polar surface area (TPSA) is 71.7 Å². The second-order valence-electron chi connectivity index (χ2n) is 7.09. The van der Waals surface area contributed by atoms with Gasteiger partial charge in [0, 0.05) is 37.4 Å². The molecule has 4 aromatic rings.